The van der Waals surface area contributed by atoms with Crippen LogP contribution in [0.2, 0.25) is 0 Å². The van der Waals surface area contributed by atoms with Gasteiger partial charge in [0.15, 0.2) is 0 Å². The Balaban J connectivity index is 2.98. The summed E-state index contributed by atoms with van der Waals surface area (Å²) in [5.41, 5.74) is 1.33. The van der Waals surface area contributed by atoms with E-state index < -0.39 is 0 Å². The van der Waals surface area contributed by atoms with Crippen LogP contribution in [0.4, 0.5) is 0 Å². The predicted molar refractivity (Wildman–Crippen MR) is 46.9 cm³/mol. The van der Waals surface area contributed by atoms with E-state index in [9.17, 15) is 0 Å². The maximum atomic E-state index is 3.32. The molecule has 0 rings (SSSR count). The van der Waals surface area contributed by atoms with Crippen LogP contribution in [-0.4, -0.2) is 0 Å². The summed E-state index contributed by atoms with van der Waals surface area (Å²) in [5, 5.41) is 0. The van der Waals surface area contributed by atoms with Crippen LogP contribution >= 0.6 is 0 Å². The molecule has 0 aliphatic heterocycles. The Kier molecular flexibility index (Phi) is 6.68. The topological polar surface area (TPSA) is 0 Å². The van der Waals surface area contributed by atoms with Crippen LogP contribution in [0.25, 0.3) is 0 Å². The van der Waals surface area contributed by atoms with Gasteiger partial charge in [0.2, 0.25) is 0 Å². The highest BCUT2D eigenvalue weighted by Crippen LogP contribution is 2.03. The van der Waals surface area contributed by atoms with Gasteiger partial charge in [0.1, 0.15) is 0 Å². The molecule has 0 saturated heterocycles. The molecule has 0 aliphatic carbocycles. The fourth-order valence-corrected chi connectivity index (χ4v) is 0.890. The van der Waals surface area contributed by atoms with Crippen LogP contribution in [-0.2, 0) is 0 Å². The lowest BCUT2D eigenvalue weighted by molar-refractivity contribution is 0.668. The van der Waals surface area contributed by atoms with Crippen molar-refractivity contribution in [1.82, 2.24) is 0 Å². The van der Waals surface area contributed by atoms with Crippen molar-refractivity contribution in [1.29, 1.82) is 0 Å². The summed E-state index contributed by atoms with van der Waals surface area (Å²) >= 11 is 0. The van der Waals surface area contributed by atoms with Crippen LogP contribution in [0.3, 0.4) is 0 Å². The molecular weight excluding hydrogens is 120 g/mol. The fourth-order valence-electron chi connectivity index (χ4n) is 0.890. The van der Waals surface area contributed by atoms with Crippen molar-refractivity contribution < 1.29 is 0 Å². The van der Waals surface area contributed by atoms with E-state index in [0.717, 1.165) is 6.42 Å². The Morgan fingerprint density at radius 1 is 1.10 bits per heavy atom. The van der Waals surface area contributed by atoms with Crippen molar-refractivity contribution in [3.63, 3.8) is 0 Å². The lowest BCUT2D eigenvalue weighted by atomic mass is 10.1. The fraction of sp³-hybridized carbons (Fsp3) is 0.800. The van der Waals surface area contributed by atoms with Gasteiger partial charge in [-0.15, -0.1) is 0 Å². The maximum absolute atomic E-state index is 3.32. The van der Waals surface area contributed by atoms with Gasteiger partial charge in [0.05, 0.1) is 0 Å². The first kappa shape index (κ1) is 9.74. The lowest BCUT2D eigenvalue weighted by Gasteiger charge is -1.94. The highest BCUT2D eigenvalue weighted by Gasteiger charge is 1.84. The highest BCUT2D eigenvalue weighted by molar-refractivity contribution is 4.85. The van der Waals surface area contributed by atoms with E-state index in [0.29, 0.717) is 0 Å². The minimum Gasteiger partial charge on any atom is -0.0730 e. The zero-order valence-electron chi connectivity index (χ0n) is 7.54. The van der Waals surface area contributed by atoms with Gasteiger partial charge < -0.3 is 0 Å². The zero-order valence-corrected chi connectivity index (χ0v) is 7.54. The molecule has 10 heavy (non-hydrogen) atoms. The SMILES string of the molecule is CCCCCC[C]=C(C)C. The molecule has 0 amide bonds. The number of hydrogen-bond acceptors (Lipinski definition) is 0. The van der Waals surface area contributed by atoms with Crippen LogP contribution in [0.15, 0.2) is 5.57 Å². The van der Waals surface area contributed by atoms with Gasteiger partial charge in [-0.1, -0.05) is 31.8 Å². The first-order valence-corrected chi connectivity index (χ1v) is 4.31. The van der Waals surface area contributed by atoms with Gasteiger partial charge in [-0.25, -0.2) is 0 Å². The van der Waals surface area contributed by atoms with E-state index in [1.807, 2.05) is 0 Å². The number of hydrogen-bond donors (Lipinski definition) is 0. The van der Waals surface area contributed by atoms with Gasteiger partial charge >= 0.3 is 0 Å². The summed E-state index contributed by atoms with van der Waals surface area (Å²) in [6.45, 7) is 6.46. The summed E-state index contributed by atoms with van der Waals surface area (Å²) in [4.78, 5) is 0. The van der Waals surface area contributed by atoms with Crippen LogP contribution in [0.5, 0.6) is 0 Å². The molecule has 59 valence electrons. The summed E-state index contributed by atoms with van der Waals surface area (Å²) in [6, 6.07) is 0. The van der Waals surface area contributed by atoms with E-state index in [2.05, 4.69) is 26.8 Å². The Labute approximate surface area is 65.3 Å². The molecule has 0 aromatic heterocycles. The minimum absolute atomic E-state index is 1.16. The van der Waals surface area contributed by atoms with Crippen molar-refractivity contribution in [3.8, 4) is 0 Å². The molecular formula is C10H19. The van der Waals surface area contributed by atoms with E-state index >= 15 is 0 Å². The molecule has 0 N–H and O–H groups in total. The summed E-state index contributed by atoms with van der Waals surface area (Å²) in [7, 11) is 0. The monoisotopic (exact) mass is 139 g/mol. The summed E-state index contributed by atoms with van der Waals surface area (Å²) in [6.07, 6.45) is 9.87. The van der Waals surface area contributed by atoms with Gasteiger partial charge in [-0.05, 0) is 32.8 Å². The minimum atomic E-state index is 1.16. The highest BCUT2D eigenvalue weighted by atomic mass is 13.9. The Hall–Kier alpha value is -0.260. The largest absolute Gasteiger partial charge is 0.0730 e. The Morgan fingerprint density at radius 3 is 2.30 bits per heavy atom. The second kappa shape index (κ2) is 6.85. The molecule has 1 radical (unpaired) electrons. The second-order valence-electron chi connectivity index (χ2n) is 2.99. The third kappa shape index (κ3) is 7.74. The van der Waals surface area contributed by atoms with E-state index in [-0.39, 0.29) is 0 Å². The number of allylic oxidation sites excluding steroid dienone is 2. The molecule has 0 spiro atoms. The smallest absolute Gasteiger partial charge is 0.0277 e. The molecule has 0 aliphatic rings. The number of unbranched alkanes of at least 4 members (excludes halogenated alkanes) is 4. The average Bonchev–Trinajstić information content (AvgIpc) is 1.87. The average molecular weight is 139 g/mol. The lowest BCUT2D eigenvalue weighted by Crippen LogP contribution is -1.75. The van der Waals surface area contributed by atoms with Gasteiger partial charge in [0.25, 0.3) is 0 Å². The quantitative estimate of drug-likeness (QED) is 0.509. The molecule has 0 fully saturated rings. The number of rotatable bonds is 5. The standard InChI is InChI=1S/C10H19/c1-4-5-6-7-8-9-10(2)3/h4-8H2,1-3H3. The van der Waals surface area contributed by atoms with E-state index in [1.54, 1.807) is 0 Å². The normalized spacial score (nSPS) is 9.50. The van der Waals surface area contributed by atoms with Crippen molar-refractivity contribution >= 4 is 0 Å². The van der Waals surface area contributed by atoms with Crippen molar-refractivity contribution in [3.05, 3.63) is 11.6 Å². The second-order valence-corrected chi connectivity index (χ2v) is 2.99. The molecule has 0 nitrogen and oxygen atoms in total. The maximum Gasteiger partial charge on any atom is -0.0277 e. The Morgan fingerprint density at radius 2 is 1.80 bits per heavy atom. The van der Waals surface area contributed by atoms with E-state index in [4.69, 9.17) is 0 Å². The van der Waals surface area contributed by atoms with Crippen LogP contribution < -0.4 is 0 Å². The van der Waals surface area contributed by atoms with Gasteiger partial charge in [-0.2, -0.15) is 0 Å². The van der Waals surface area contributed by atoms with E-state index in [1.165, 1.54) is 31.3 Å². The van der Waals surface area contributed by atoms with Crippen molar-refractivity contribution in [2.75, 3.05) is 0 Å². The predicted octanol–water partition coefficient (Wildman–Crippen LogP) is 3.73. The molecule has 0 unspecified atom stereocenters. The van der Waals surface area contributed by atoms with Crippen LogP contribution in [0, 0.1) is 6.08 Å². The third-order valence-electron chi connectivity index (χ3n) is 1.51. The third-order valence-corrected chi connectivity index (χ3v) is 1.51. The van der Waals surface area contributed by atoms with Crippen LogP contribution in [0.1, 0.15) is 52.9 Å². The molecule has 0 saturated carbocycles. The molecule has 0 bridgehead atoms. The van der Waals surface area contributed by atoms with Gasteiger partial charge in [0, 0.05) is 0 Å². The first-order valence-electron chi connectivity index (χ1n) is 4.31. The van der Waals surface area contributed by atoms with Gasteiger partial charge in [-0.3, -0.25) is 0 Å². The van der Waals surface area contributed by atoms with Crippen molar-refractivity contribution in [2.45, 2.75) is 52.9 Å². The molecule has 0 atom stereocenters. The zero-order chi connectivity index (χ0) is 7.82. The molecule has 0 aromatic rings. The summed E-state index contributed by atoms with van der Waals surface area (Å²) in [5.74, 6) is 0. The molecule has 0 heteroatoms. The first-order chi connectivity index (χ1) is 4.77. The molecule has 0 aromatic carbocycles. The Bertz CT molecular complexity index is 86.2. The molecule has 0 heterocycles. The summed E-state index contributed by atoms with van der Waals surface area (Å²) < 4.78 is 0. The van der Waals surface area contributed by atoms with Crippen molar-refractivity contribution in [2.24, 2.45) is 0 Å².